The third kappa shape index (κ3) is 5.57. The highest BCUT2D eigenvalue weighted by Crippen LogP contribution is 2.20. The zero-order chi connectivity index (χ0) is 21.5. The van der Waals surface area contributed by atoms with Crippen molar-refractivity contribution in [3.63, 3.8) is 0 Å². The first-order valence-electron chi connectivity index (χ1n) is 9.54. The van der Waals surface area contributed by atoms with E-state index in [1.807, 2.05) is 36.4 Å². The molecule has 3 N–H and O–H groups in total. The van der Waals surface area contributed by atoms with E-state index in [2.05, 4.69) is 16.2 Å². The molecule has 0 saturated carbocycles. The lowest BCUT2D eigenvalue weighted by Gasteiger charge is -2.10. The fraction of sp³-hybridized carbons (Fsp3) is 0.174. The molecule has 0 radical (unpaired) electrons. The van der Waals surface area contributed by atoms with E-state index in [0.29, 0.717) is 17.0 Å². The van der Waals surface area contributed by atoms with Crippen LogP contribution in [0.4, 0.5) is 5.69 Å². The molecule has 154 valence electrons. The smallest absolute Gasteiger partial charge is 0.276 e. The number of rotatable bonds is 6. The Morgan fingerprint density at radius 1 is 0.867 bits per heavy atom. The fourth-order valence-corrected chi connectivity index (χ4v) is 2.63. The molecule has 0 atom stereocenters. The zero-order valence-electron chi connectivity index (χ0n) is 16.8. The molecule has 7 nitrogen and oxygen atoms in total. The van der Waals surface area contributed by atoms with Crippen LogP contribution in [0.5, 0.6) is 5.75 Å². The van der Waals surface area contributed by atoms with Gasteiger partial charge in [0, 0.05) is 17.2 Å². The van der Waals surface area contributed by atoms with Crippen molar-refractivity contribution >= 4 is 34.2 Å². The van der Waals surface area contributed by atoms with Crippen molar-refractivity contribution in [2.45, 2.75) is 13.8 Å². The first kappa shape index (κ1) is 20.9. The van der Waals surface area contributed by atoms with E-state index in [0.717, 1.165) is 10.8 Å². The van der Waals surface area contributed by atoms with Crippen molar-refractivity contribution in [2.24, 2.45) is 5.92 Å². The molecule has 7 heteroatoms. The standard InChI is InChI=1S/C23H23N3O4/c1-15(2)22(28)24-19-10-7-17(8-11-19)23(29)26-25-21(27)14-30-20-12-9-16-5-3-4-6-18(16)13-20/h3-13,15H,14H2,1-2H3,(H,24,28)(H,25,27)(H,26,29). The highest BCUT2D eigenvalue weighted by Gasteiger charge is 2.10. The molecule has 0 aliphatic rings. The van der Waals surface area contributed by atoms with Crippen molar-refractivity contribution in [2.75, 3.05) is 11.9 Å². The number of nitrogens with one attached hydrogen (secondary N) is 3. The molecule has 0 aliphatic heterocycles. The van der Waals surface area contributed by atoms with Gasteiger partial charge >= 0.3 is 0 Å². The average molecular weight is 405 g/mol. The number of hydrazine groups is 1. The third-order valence-corrected chi connectivity index (χ3v) is 4.35. The molecule has 0 aliphatic carbocycles. The van der Waals surface area contributed by atoms with Crippen molar-refractivity contribution in [1.29, 1.82) is 0 Å². The Labute approximate surface area is 174 Å². The molecule has 3 aromatic rings. The number of carbonyl (C=O) groups is 3. The summed E-state index contributed by atoms with van der Waals surface area (Å²) in [5, 5.41) is 4.83. The second-order valence-electron chi connectivity index (χ2n) is 7.02. The van der Waals surface area contributed by atoms with Crippen LogP contribution >= 0.6 is 0 Å². The van der Waals surface area contributed by atoms with Gasteiger partial charge in [0.15, 0.2) is 6.61 Å². The van der Waals surface area contributed by atoms with E-state index >= 15 is 0 Å². The van der Waals surface area contributed by atoms with Gasteiger partial charge in [0.05, 0.1) is 0 Å². The fourth-order valence-electron chi connectivity index (χ4n) is 2.63. The van der Waals surface area contributed by atoms with E-state index < -0.39 is 11.8 Å². The molecule has 0 aromatic heterocycles. The molecular weight excluding hydrogens is 382 g/mol. The molecule has 0 unspecified atom stereocenters. The van der Waals surface area contributed by atoms with Crippen LogP contribution in [0.3, 0.4) is 0 Å². The molecular formula is C23H23N3O4. The number of fused-ring (bicyclic) bond motifs is 1. The van der Waals surface area contributed by atoms with Crippen LogP contribution in [-0.2, 0) is 9.59 Å². The number of benzene rings is 3. The van der Waals surface area contributed by atoms with E-state index in [-0.39, 0.29) is 18.4 Å². The molecule has 30 heavy (non-hydrogen) atoms. The Balaban J connectivity index is 1.46. The van der Waals surface area contributed by atoms with Gasteiger partial charge in [-0.1, -0.05) is 44.2 Å². The van der Waals surface area contributed by atoms with Crippen LogP contribution in [0.1, 0.15) is 24.2 Å². The van der Waals surface area contributed by atoms with Gasteiger partial charge in [0.25, 0.3) is 11.8 Å². The Morgan fingerprint density at radius 3 is 2.27 bits per heavy atom. The number of hydrogen-bond donors (Lipinski definition) is 3. The van der Waals surface area contributed by atoms with Crippen molar-refractivity contribution in [3.05, 3.63) is 72.3 Å². The summed E-state index contributed by atoms with van der Waals surface area (Å²) in [6, 6.07) is 19.7. The minimum absolute atomic E-state index is 0.106. The molecule has 3 aromatic carbocycles. The molecule has 3 rings (SSSR count). The summed E-state index contributed by atoms with van der Waals surface area (Å²) >= 11 is 0. The third-order valence-electron chi connectivity index (χ3n) is 4.35. The SMILES string of the molecule is CC(C)C(=O)Nc1ccc(C(=O)NNC(=O)COc2ccc3ccccc3c2)cc1. The normalized spacial score (nSPS) is 10.5. The summed E-state index contributed by atoms with van der Waals surface area (Å²) in [5.74, 6) is -0.645. The van der Waals surface area contributed by atoms with Crippen LogP contribution in [0.15, 0.2) is 66.7 Å². The Kier molecular flexibility index (Phi) is 6.64. The first-order chi connectivity index (χ1) is 14.4. The summed E-state index contributed by atoms with van der Waals surface area (Å²) in [7, 11) is 0. The maximum absolute atomic E-state index is 12.2. The largest absolute Gasteiger partial charge is 0.484 e. The minimum Gasteiger partial charge on any atom is -0.484 e. The Bertz CT molecular complexity index is 1060. The van der Waals surface area contributed by atoms with Gasteiger partial charge in [-0.05, 0) is 47.2 Å². The van der Waals surface area contributed by atoms with Crippen LogP contribution < -0.4 is 20.9 Å². The average Bonchev–Trinajstić information content (AvgIpc) is 2.76. The van der Waals surface area contributed by atoms with Gasteiger partial charge in [0.2, 0.25) is 5.91 Å². The lowest BCUT2D eigenvalue weighted by atomic mass is 10.1. The molecule has 0 heterocycles. The van der Waals surface area contributed by atoms with Crippen molar-refractivity contribution in [1.82, 2.24) is 10.9 Å². The second-order valence-corrected chi connectivity index (χ2v) is 7.02. The Morgan fingerprint density at radius 2 is 1.57 bits per heavy atom. The monoisotopic (exact) mass is 405 g/mol. The van der Waals surface area contributed by atoms with Crippen molar-refractivity contribution < 1.29 is 19.1 Å². The maximum atomic E-state index is 12.2. The predicted molar refractivity (Wildman–Crippen MR) is 115 cm³/mol. The van der Waals surface area contributed by atoms with Gasteiger partial charge in [-0.2, -0.15) is 0 Å². The van der Waals surface area contributed by atoms with Gasteiger partial charge in [0.1, 0.15) is 5.75 Å². The van der Waals surface area contributed by atoms with Gasteiger partial charge in [-0.3, -0.25) is 25.2 Å². The highest BCUT2D eigenvalue weighted by atomic mass is 16.5. The van der Waals surface area contributed by atoms with E-state index in [4.69, 9.17) is 4.74 Å². The number of carbonyl (C=O) groups excluding carboxylic acids is 3. The van der Waals surface area contributed by atoms with Crippen LogP contribution in [0.2, 0.25) is 0 Å². The minimum atomic E-state index is -0.489. The lowest BCUT2D eigenvalue weighted by molar-refractivity contribution is -0.123. The molecule has 0 bridgehead atoms. The summed E-state index contributed by atoms with van der Waals surface area (Å²) < 4.78 is 5.48. The first-order valence-corrected chi connectivity index (χ1v) is 9.54. The quantitative estimate of drug-likeness (QED) is 0.549. The second kappa shape index (κ2) is 9.56. The van der Waals surface area contributed by atoms with Gasteiger partial charge in [-0.25, -0.2) is 0 Å². The van der Waals surface area contributed by atoms with Crippen LogP contribution in [-0.4, -0.2) is 24.3 Å². The highest BCUT2D eigenvalue weighted by molar-refractivity contribution is 5.97. The van der Waals surface area contributed by atoms with E-state index in [1.54, 1.807) is 44.2 Å². The molecule has 0 saturated heterocycles. The molecule has 0 fully saturated rings. The topological polar surface area (TPSA) is 96.5 Å². The number of anilines is 1. The number of amides is 3. The summed E-state index contributed by atoms with van der Waals surface area (Å²) in [6.45, 7) is 3.35. The summed E-state index contributed by atoms with van der Waals surface area (Å²) in [4.78, 5) is 35.8. The van der Waals surface area contributed by atoms with E-state index in [9.17, 15) is 14.4 Å². The van der Waals surface area contributed by atoms with Crippen LogP contribution in [0, 0.1) is 5.92 Å². The van der Waals surface area contributed by atoms with Gasteiger partial charge in [-0.15, -0.1) is 0 Å². The predicted octanol–water partition coefficient (Wildman–Crippen LogP) is 3.27. The number of ether oxygens (including phenoxy) is 1. The van der Waals surface area contributed by atoms with E-state index in [1.165, 1.54) is 0 Å². The van der Waals surface area contributed by atoms with Gasteiger partial charge < -0.3 is 10.1 Å². The summed E-state index contributed by atoms with van der Waals surface area (Å²) in [5.41, 5.74) is 5.59. The molecule has 0 spiro atoms. The Hall–Kier alpha value is -3.87. The van der Waals surface area contributed by atoms with Crippen molar-refractivity contribution in [3.8, 4) is 5.75 Å². The lowest BCUT2D eigenvalue weighted by Crippen LogP contribution is -2.43. The zero-order valence-corrected chi connectivity index (χ0v) is 16.8. The summed E-state index contributed by atoms with van der Waals surface area (Å²) in [6.07, 6.45) is 0. The maximum Gasteiger partial charge on any atom is 0.276 e. The van der Waals surface area contributed by atoms with Crippen LogP contribution in [0.25, 0.3) is 10.8 Å². The number of hydrogen-bond acceptors (Lipinski definition) is 4. The molecule has 3 amide bonds.